The van der Waals surface area contributed by atoms with Gasteiger partial charge in [-0.15, -0.1) is 0 Å². The third kappa shape index (κ3) is 5.16. The summed E-state index contributed by atoms with van der Waals surface area (Å²) in [5.41, 5.74) is 1.31. The van der Waals surface area contributed by atoms with Crippen molar-refractivity contribution in [3.05, 3.63) is 23.2 Å². The van der Waals surface area contributed by atoms with Crippen molar-refractivity contribution >= 4 is 5.91 Å². The molecule has 1 aromatic heterocycles. The average Bonchev–Trinajstić information content (AvgIpc) is 2.75. The molecule has 1 aromatic rings. The van der Waals surface area contributed by atoms with Crippen molar-refractivity contribution in [3.63, 3.8) is 0 Å². The van der Waals surface area contributed by atoms with E-state index in [-0.39, 0.29) is 5.91 Å². The number of hydrogen-bond acceptors (Lipinski definition) is 3. The lowest BCUT2D eigenvalue weighted by Crippen LogP contribution is -2.38. The summed E-state index contributed by atoms with van der Waals surface area (Å²) in [4.78, 5) is 14.2. The SMILES string of the molecule is Cc1cc(CN2CCC(CNC(=O)CC(C)C)CC2)c(C)o1. The fraction of sp³-hybridized carbons (Fsp3) is 0.722. The number of rotatable bonds is 6. The Labute approximate surface area is 134 Å². The van der Waals surface area contributed by atoms with Gasteiger partial charge in [-0.25, -0.2) is 0 Å². The van der Waals surface area contributed by atoms with Crippen LogP contribution in [0.2, 0.25) is 0 Å². The molecule has 124 valence electrons. The topological polar surface area (TPSA) is 45.5 Å². The molecule has 1 aliphatic heterocycles. The minimum Gasteiger partial charge on any atom is -0.466 e. The average molecular weight is 306 g/mol. The van der Waals surface area contributed by atoms with Gasteiger partial charge in [0.1, 0.15) is 11.5 Å². The van der Waals surface area contributed by atoms with Crippen LogP contribution >= 0.6 is 0 Å². The highest BCUT2D eigenvalue weighted by Crippen LogP contribution is 2.21. The van der Waals surface area contributed by atoms with E-state index in [4.69, 9.17) is 4.42 Å². The van der Waals surface area contributed by atoms with Gasteiger partial charge in [0.15, 0.2) is 0 Å². The summed E-state index contributed by atoms with van der Waals surface area (Å²) in [7, 11) is 0. The fourth-order valence-corrected chi connectivity index (χ4v) is 3.13. The molecule has 1 fully saturated rings. The largest absolute Gasteiger partial charge is 0.466 e. The molecule has 0 saturated carbocycles. The highest BCUT2D eigenvalue weighted by atomic mass is 16.3. The van der Waals surface area contributed by atoms with Crippen LogP contribution in [0, 0.1) is 25.7 Å². The van der Waals surface area contributed by atoms with Crippen molar-refractivity contribution in [2.45, 2.75) is 53.5 Å². The van der Waals surface area contributed by atoms with Crippen LogP contribution in [0.3, 0.4) is 0 Å². The van der Waals surface area contributed by atoms with E-state index in [1.807, 2.05) is 13.8 Å². The highest BCUT2D eigenvalue weighted by Gasteiger charge is 2.21. The molecule has 1 N–H and O–H groups in total. The molecule has 0 radical (unpaired) electrons. The number of nitrogens with zero attached hydrogens (tertiary/aromatic N) is 1. The number of likely N-dealkylation sites (tertiary alicyclic amines) is 1. The minimum atomic E-state index is 0.196. The molecule has 0 spiro atoms. The highest BCUT2D eigenvalue weighted by molar-refractivity contribution is 5.76. The van der Waals surface area contributed by atoms with Crippen LogP contribution < -0.4 is 5.32 Å². The zero-order chi connectivity index (χ0) is 16.1. The first-order valence-electron chi connectivity index (χ1n) is 8.49. The number of carbonyl (C=O) groups is 1. The zero-order valence-corrected chi connectivity index (χ0v) is 14.4. The Morgan fingerprint density at radius 2 is 2.05 bits per heavy atom. The Balaban J connectivity index is 1.69. The molecule has 2 rings (SSSR count). The van der Waals surface area contributed by atoms with Gasteiger partial charge < -0.3 is 9.73 Å². The smallest absolute Gasteiger partial charge is 0.220 e. The van der Waals surface area contributed by atoms with E-state index in [0.717, 1.165) is 50.5 Å². The lowest BCUT2D eigenvalue weighted by atomic mass is 9.96. The normalized spacial score (nSPS) is 17.1. The predicted molar refractivity (Wildman–Crippen MR) is 88.6 cm³/mol. The van der Waals surface area contributed by atoms with Crippen LogP contribution in [0.25, 0.3) is 0 Å². The standard InChI is InChI=1S/C18H30N2O2/c1-13(2)9-18(21)19-11-16-5-7-20(8-6-16)12-17-10-14(3)22-15(17)4/h10,13,16H,5-9,11-12H2,1-4H3,(H,19,21). The summed E-state index contributed by atoms with van der Waals surface area (Å²) in [6.45, 7) is 12.2. The van der Waals surface area contributed by atoms with Crippen LogP contribution in [0.4, 0.5) is 0 Å². The lowest BCUT2D eigenvalue weighted by Gasteiger charge is -2.31. The maximum absolute atomic E-state index is 11.7. The molecule has 0 unspecified atom stereocenters. The van der Waals surface area contributed by atoms with Gasteiger partial charge in [0.25, 0.3) is 0 Å². The Bertz CT molecular complexity index is 485. The first kappa shape index (κ1) is 17.1. The Kier molecular flexibility index (Phi) is 6.07. The van der Waals surface area contributed by atoms with Gasteiger partial charge in [-0.1, -0.05) is 13.8 Å². The number of amides is 1. The van der Waals surface area contributed by atoms with E-state index in [0.29, 0.717) is 18.3 Å². The molecule has 22 heavy (non-hydrogen) atoms. The van der Waals surface area contributed by atoms with E-state index >= 15 is 0 Å². The van der Waals surface area contributed by atoms with Crippen molar-refractivity contribution in [3.8, 4) is 0 Å². The van der Waals surface area contributed by atoms with E-state index in [1.165, 1.54) is 5.56 Å². The molecule has 0 bridgehead atoms. The summed E-state index contributed by atoms with van der Waals surface area (Å²) in [5, 5.41) is 3.09. The van der Waals surface area contributed by atoms with Crippen LogP contribution in [0.1, 0.15) is 50.2 Å². The molecular weight excluding hydrogens is 276 g/mol. The van der Waals surface area contributed by atoms with Crippen molar-refractivity contribution in [2.75, 3.05) is 19.6 Å². The van der Waals surface area contributed by atoms with Gasteiger partial charge >= 0.3 is 0 Å². The van der Waals surface area contributed by atoms with E-state index in [1.54, 1.807) is 0 Å². The fourth-order valence-electron chi connectivity index (χ4n) is 3.13. The minimum absolute atomic E-state index is 0.196. The monoisotopic (exact) mass is 306 g/mol. The molecule has 4 heteroatoms. The third-order valence-electron chi connectivity index (χ3n) is 4.43. The number of nitrogens with one attached hydrogen (secondary N) is 1. The summed E-state index contributed by atoms with van der Waals surface area (Å²) in [5.74, 6) is 3.29. The van der Waals surface area contributed by atoms with Gasteiger partial charge in [-0.3, -0.25) is 9.69 Å². The first-order valence-corrected chi connectivity index (χ1v) is 8.49. The summed E-state index contributed by atoms with van der Waals surface area (Å²) in [6, 6.07) is 2.15. The summed E-state index contributed by atoms with van der Waals surface area (Å²) in [6.07, 6.45) is 2.97. The number of aryl methyl sites for hydroxylation is 2. The van der Waals surface area contributed by atoms with Gasteiger partial charge in [-0.2, -0.15) is 0 Å². The zero-order valence-electron chi connectivity index (χ0n) is 14.4. The first-order chi connectivity index (χ1) is 10.4. The third-order valence-corrected chi connectivity index (χ3v) is 4.43. The second-order valence-corrected chi connectivity index (χ2v) is 7.06. The summed E-state index contributed by atoms with van der Waals surface area (Å²) < 4.78 is 5.60. The van der Waals surface area contributed by atoms with Crippen molar-refractivity contribution in [1.82, 2.24) is 10.2 Å². The molecule has 0 aliphatic carbocycles. The summed E-state index contributed by atoms with van der Waals surface area (Å²) >= 11 is 0. The number of furan rings is 1. The van der Waals surface area contributed by atoms with Crippen LogP contribution in [0.15, 0.2) is 10.5 Å². The number of carbonyl (C=O) groups excluding carboxylic acids is 1. The second kappa shape index (κ2) is 7.82. The van der Waals surface area contributed by atoms with Crippen molar-refractivity contribution < 1.29 is 9.21 Å². The predicted octanol–water partition coefficient (Wildman–Crippen LogP) is 3.27. The van der Waals surface area contributed by atoms with Crippen LogP contribution in [0.5, 0.6) is 0 Å². The maximum Gasteiger partial charge on any atom is 0.220 e. The van der Waals surface area contributed by atoms with E-state index < -0.39 is 0 Å². The molecule has 1 saturated heterocycles. The lowest BCUT2D eigenvalue weighted by molar-refractivity contribution is -0.122. The Hall–Kier alpha value is -1.29. The quantitative estimate of drug-likeness (QED) is 0.877. The van der Waals surface area contributed by atoms with Crippen LogP contribution in [-0.2, 0) is 11.3 Å². The van der Waals surface area contributed by atoms with E-state index in [2.05, 4.69) is 30.1 Å². The van der Waals surface area contributed by atoms with Crippen molar-refractivity contribution in [2.24, 2.45) is 11.8 Å². The number of hydrogen-bond donors (Lipinski definition) is 1. The van der Waals surface area contributed by atoms with Crippen LogP contribution in [-0.4, -0.2) is 30.4 Å². The molecule has 0 atom stereocenters. The molecule has 0 aromatic carbocycles. The Morgan fingerprint density at radius 3 is 2.59 bits per heavy atom. The molecular formula is C18H30N2O2. The van der Waals surface area contributed by atoms with Gasteiger partial charge in [0.05, 0.1) is 0 Å². The van der Waals surface area contributed by atoms with Gasteiger partial charge in [0.2, 0.25) is 5.91 Å². The molecule has 1 amide bonds. The van der Waals surface area contributed by atoms with Gasteiger partial charge in [0, 0.05) is 25.1 Å². The van der Waals surface area contributed by atoms with E-state index in [9.17, 15) is 4.79 Å². The molecule has 2 heterocycles. The molecule has 4 nitrogen and oxygen atoms in total. The second-order valence-electron chi connectivity index (χ2n) is 7.06. The number of piperidine rings is 1. The van der Waals surface area contributed by atoms with Crippen molar-refractivity contribution in [1.29, 1.82) is 0 Å². The van der Waals surface area contributed by atoms with Gasteiger partial charge in [-0.05, 0) is 57.7 Å². The molecule has 1 aliphatic rings. The maximum atomic E-state index is 11.7. The Morgan fingerprint density at radius 1 is 1.36 bits per heavy atom.